The quantitative estimate of drug-likeness (QED) is 0.789. The number of nitrogens with zero attached hydrogens (tertiary/aromatic N) is 1. The zero-order chi connectivity index (χ0) is 14.9. The van der Waals surface area contributed by atoms with Gasteiger partial charge in [-0.05, 0) is 32.0 Å². The zero-order valence-electron chi connectivity index (χ0n) is 12.2. The van der Waals surface area contributed by atoms with Crippen LogP contribution in [0.3, 0.4) is 0 Å². The van der Waals surface area contributed by atoms with Crippen LogP contribution in [0, 0.1) is 0 Å². The van der Waals surface area contributed by atoms with Gasteiger partial charge in [0, 0.05) is 11.1 Å². The van der Waals surface area contributed by atoms with E-state index in [9.17, 15) is 0 Å². The van der Waals surface area contributed by atoms with Gasteiger partial charge in [-0.2, -0.15) is 0 Å². The predicted molar refractivity (Wildman–Crippen MR) is 88.8 cm³/mol. The van der Waals surface area contributed by atoms with Crippen molar-refractivity contribution < 1.29 is 4.74 Å². The molecule has 3 nitrogen and oxygen atoms in total. The molecule has 0 saturated carbocycles. The Kier molecular flexibility index (Phi) is 3.66. The first kappa shape index (κ1) is 14.0. The van der Waals surface area contributed by atoms with Gasteiger partial charge in [-0.15, -0.1) is 11.3 Å². The lowest BCUT2D eigenvalue weighted by molar-refractivity contribution is 0.243. The smallest absolute Gasteiger partial charge is 0.124 e. The Morgan fingerprint density at radius 1 is 1.14 bits per heavy atom. The molecule has 0 atom stereocenters. The van der Waals surface area contributed by atoms with Crippen LogP contribution in [0.25, 0.3) is 20.8 Å². The first-order valence-electron chi connectivity index (χ1n) is 6.89. The number of hydrogen-bond donors (Lipinski definition) is 1. The maximum absolute atomic E-state index is 5.94. The molecule has 0 unspecified atom stereocenters. The summed E-state index contributed by atoms with van der Waals surface area (Å²) >= 11 is 1.68. The third kappa shape index (κ3) is 3.40. The molecule has 0 amide bonds. The van der Waals surface area contributed by atoms with Crippen LogP contribution >= 0.6 is 11.3 Å². The highest BCUT2D eigenvalue weighted by atomic mass is 32.1. The molecule has 1 heterocycles. The van der Waals surface area contributed by atoms with Crippen LogP contribution in [0.1, 0.15) is 13.8 Å². The highest BCUT2D eigenvalue weighted by molar-refractivity contribution is 7.21. The largest absolute Gasteiger partial charge is 0.492 e. The van der Waals surface area contributed by atoms with Crippen LogP contribution in [-0.2, 0) is 0 Å². The number of nitrogens with two attached hydrogens (primary N) is 1. The van der Waals surface area contributed by atoms with Crippen molar-refractivity contribution in [3.63, 3.8) is 0 Å². The summed E-state index contributed by atoms with van der Waals surface area (Å²) in [6.45, 7) is 4.39. The molecule has 108 valence electrons. The van der Waals surface area contributed by atoms with Crippen LogP contribution < -0.4 is 10.5 Å². The normalized spacial score (nSPS) is 11.8. The summed E-state index contributed by atoms with van der Waals surface area (Å²) in [6.07, 6.45) is 0. The van der Waals surface area contributed by atoms with Crippen LogP contribution in [0.2, 0.25) is 0 Å². The fraction of sp³-hybridized carbons (Fsp3) is 0.235. The van der Waals surface area contributed by atoms with Crippen molar-refractivity contribution in [1.82, 2.24) is 4.98 Å². The molecular formula is C17H18N2OS. The number of benzene rings is 2. The minimum Gasteiger partial charge on any atom is -0.492 e. The van der Waals surface area contributed by atoms with Crippen molar-refractivity contribution in [1.29, 1.82) is 0 Å². The van der Waals surface area contributed by atoms with E-state index in [1.54, 1.807) is 11.3 Å². The first-order valence-corrected chi connectivity index (χ1v) is 7.71. The van der Waals surface area contributed by atoms with E-state index in [4.69, 9.17) is 10.5 Å². The zero-order valence-corrected chi connectivity index (χ0v) is 13.0. The van der Waals surface area contributed by atoms with E-state index in [0.717, 1.165) is 26.5 Å². The fourth-order valence-corrected chi connectivity index (χ4v) is 2.97. The number of thiazole rings is 1. The maximum Gasteiger partial charge on any atom is 0.124 e. The van der Waals surface area contributed by atoms with Gasteiger partial charge in [0.05, 0.1) is 10.2 Å². The average Bonchev–Trinajstić information content (AvgIpc) is 2.88. The van der Waals surface area contributed by atoms with Crippen LogP contribution in [0.4, 0.5) is 0 Å². The molecule has 0 radical (unpaired) electrons. The lowest BCUT2D eigenvalue weighted by Gasteiger charge is -2.18. The van der Waals surface area contributed by atoms with Gasteiger partial charge in [0.1, 0.15) is 17.4 Å². The second kappa shape index (κ2) is 5.47. The van der Waals surface area contributed by atoms with Gasteiger partial charge in [-0.25, -0.2) is 4.98 Å². The second-order valence-electron chi connectivity index (χ2n) is 5.79. The fourth-order valence-electron chi connectivity index (χ4n) is 1.97. The Labute approximate surface area is 128 Å². The lowest BCUT2D eigenvalue weighted by atomic mass is 10.1. The number of hydrogen-bond acceptors (Lipinski definition) is 4. The standard InChI is InChI=1S/C17H18N2OS/c1-17(2,18)11-20-13-8-9-14-15(10-13)21-16(19-14)12-6-4-3-5-7-12/h3-10H,11,18H2,1-2H3. The summed E-state index contributed by atoms with van der Waals surface area (Å²) in [7, 11) is 0. The molecule has 0 spiro atoms. The molecular weight excluding hydrogens is 280 g/mol. The topological polar surface area (TPSA) is 48.1 Å². The number of rotatable bonds is 4. The highest BCUT2D eigenvalue weighted by Crippen LogP contribution is 2.32. The van der Waals surface area contributed by atoms with Crippen molar-refractivity contribution in [2.24, 2.45) is 5.73 Å². The molecule has 3 rings (SSSR count). The molecule has 2 aromatic carbocycles. The second-order valence-corrected chi connectivity index (χ2v) is 6.82. The summed E-state index contributed by atoms with van der Waals surface area (Å²) < 4.78 is 6.87. The molecule has 0 aliphatic heterocycles. The molecule has 1 aromatic heterocycles. The Bertz CT molecular complexity index is 744. The van der Waals surface area contributed by atoms with Crippen LogP contribution in [0.5, 0.6) is 5.75 Å². The molecule has 21 heavy (non-hydrogen) atoms. The van der Waals surface area contributed by atoms with Gasteiger partial charge in [0.2, 0.25) is 0 Å². The van der Waals surface area contributed by atoms with Crippen molar-refractivity contribution >= 4 is 21.6 Å². The van der Waals surface area contributed by atoms with Gasteiger partial charge in [0.25, 0.3) is 0 Å². The number of ether oxygens (including phenoxy) is 1. The molecule has 0 aliphatic rings. The Morgan fingerprint density at radius 3 is 2.62 bits per heavy atom. The Balaban J connectivity index is 1.89. The SMILES string of the molecule is CC(C)(N)COc1ccc2nc(-c3ccccc3)sc2c1. The van der Waals surface area contributed by atoms with E-state index in [0.29, 0.717) is 6.61 Å². The summed E-state index contributed by atoms with van der Waals surface area (Å²) in [5.74, 6) is 0.837. The minimum atomic E-state index is -0.335. The van der Waals surface area contributed by atoms with E-state index >= 15 is 0 Å². The van der Waals surface area contributed by atoms with Gasteiger partial charge in [-0.3, -0.25) is 0 Å². The Hall–Kier alpha value is -1.91. The molecule has 0 bridgehead atoms. The maximum atomic E-state index is 5.94. The molecule has 0 aliphatic carbocycles. The van der Waals surface area contributed by atoms with Gasteiger partial charge >= 0.3 is 0 Å². The van der Waals surface area contributed by atoms with Gasteiger partial charge in [-0.1, -0.05) is 30.3 Å². The van der Waals surface area contributed by atoms with E-state index in [2.05, 4.69) is 17.1 Å². The first-order chi connectivity index (χ1) is 10.0. The van der Waals surface area contributed by atoms with Crippen LogP contribution in [-0.4, -0.2) is 17.1 Å². The molecule has 0 fully saturated rings. The van der Waals surface area contributed by atoms with E-state index < -0.39 is 0 Å². The van der Waals surface area contributed by atoms with Gasteiger partial charge < -0.3 is 10.5 Å². The van der Waals surface area contributed by atoms with Gasteiger partial charge in [0.15, 0.2) is 0 Å². The minimum absolute atomic E-state index is 0.335. The summed E-state index contributed by atoms with van der Waals surface area (Å²) in [5.41, 5.74) is 7.75. The highest BCUT2D eigenvalue weighted by Gasteiger charge is 2.12. The van der Waals surface area contributed by atoms with E-state index in [1.165, 1.54) is 0 Å². The molecule has 4 heteroatoms. The number of aromatic nitrogens is 1. The van der Waals surface area contributed by atoms with E-state index in [1.807, 2.05) is 50.2 Å². The molecule has 0 saturated heterocycles. The van der Waals surface area contributed by atoms with Crippen molar-refractivity contribution in [3.8, 4) is 16.3 Å². The van der Waals surface area contributed by atoms with Crippen molar-refractivity contribution in [3.05, 3.63) is 48.5 Å². The Morgan fingerprint density at radius 2 is 1.90 bits per heavy atom. The molecule has 3 aromatic rings. The summed E-state index contributed by atoms with van der Waals surface area (Å²) in [6, 6.07) is 16.2. The van der Waals surface area contributed by atoms with Crippen molar-refractivity contribution in [2.75, 3.05) is 6.61 Å². The third-order valence-electron chi connectivity index (χ3n) is 2.99. The monoisotopic (exact) mass is 298 g/mol. The predicted octanol–water partition coefficient (Wildman–Crippen LogP) is 4.08. The lowest BCUT2D eigenvalue weighted by Crippen LogP contribution is -2.38. The molecule has 2 N–H and O–H groups in total. The summed E-state index contributed by atoms with van der Waals surface area (Å²) in [5, 5.41) is 1.03. The third-order valence-corrected chi connectivity index (χ3v) is 4.06. The average molecular weight is 298 g/mol. The summed E-state index contributed by atoms with van der Waals surface area (Å²) in [4.78, 5) is 4.67. The van der Waals surface area contributed by atoms with E-state index in [-0.39, 0.29) is 5.54 Å². The number of fused-ring (bicyclic) bond motifs is 1. The van der Waals surface area contributed by atoms with Crippen molar-refractivity contribution in [2.45, 2.75) is 19.4 Å². The van der Waals surface area contributed by atoms with Crippen LogP contribution in [0.15, 0.2) is 48.5 Å².